The van der Waals surface area contributed by atoms with Gasteiger partial charge in [0.05, 0.1) is 19.6 Å². The Morgan fingerprint density at radius 2 is 1.86 bits per heavy atom. The van der Waals surface area contributed by atoms with Crippen molar-refractivity contribution >= 4 is 5.91 Å². The standard InChI is InChI=1S/C16H22N2O4/c19-16(17-3-4-18-5-7-20-8-6-18)12-13-1-2-14-15(11-13)22-10-9-21-14/h1-2,11H,3-10,12H2,(H,17,19). The lowest BCUT2D eigenvalue weighted by molar-refractivity contribution is -0.120. The maximum absolute atomic E-state index is 12.0. The highest BCUT2D eigenvalue weighted by atomic mass is 16.6. The fraction of sp³-hybridized carbons (Fsp3) is 0.562. The van der Waals surface area contributed by atoms with E-state index in [0.717, 1.165) is 49.9 Å². The van der Waals surface area contributed by atoms with Gasteiger partial charge in [0.15, 0.2) is 11.5 Å². The predicted molar refractivity (Wildman–Crippen MR) is 81.4 cm³/mol. The zero-order valence-electron chi connectivity index (χ0n) is 12.7. The van der Waals surface area contributed by atoms with Crippen molar-refractivity contribution in [3.8, 4) is 11.5 Å². The van der Waals surface area contributed by atoms with Crippen molar-refractivity contribution in [2.75, 3.05) is 52.6 Å². The Labute approximate surface area is 130 Å². The Morgan fingerprint density at radius 1 is 1.09 bits per heavy atom. The largest absolute Gasteiger partial charge is 0.486 e. The first-order valence-corrected chi connectivity index (χ1v) is 7.76. The normalized spacial score (nSPS) is 18.0. The van der Waals surface area contributed by atoms with Gasteiger partial charge in [-0.1, -0.05) is 6.07 Å². The first-order valence-electron chi connectivity index (χ1n) is 7.76. The van der Waals surface area contributed by atoms with Crippen LogP contribution in [0.2, 0.25) is 0 Å². The smallest absolute Gasteiger partial charge is 0.224 e. The Bertz CT molecular complexity index is 515. The van der Waals surface area contributed by atoms with E-state index in [1.807, 2.05) is 18.2 Å². The number of nitrogens with one attached hydrogen (secondary N) is 1. The van der Waals surface area contributed by atoms with E-state index in [9.17, 15) is 4.79 Å². The highest BCUT2D eigenvalue weighted by Gasteiger charge is 2.14. The molecule has 120 valence electrons. The zero-order chi connectivity index (χ0) is 15.2. The van der Waals surface area contributed by atoms with Crippen LogP contribution in [0.5, 0.6) is 11.5 Å². The second kappa shape index (κ2) is 7.47. The van der Waals surface area contributed by atoms with Crippen LogP contribution in [0.1, 0.15) is 5.56 Å². The molecule has 0 bridgehead atoms. The summed E-state index contributed by atoms with van der Waals surface area (Å²) < 4.78 is 16.3. The fourth-order valence-corrected chi connectivity index (χ4v) is 2.62. The van der Waals surface area contributed by atoms with Gasteiger partial charge in [0.1, 0.15) is 13.2 Å². The third-order valence-corrected chi connectivity index (χ3v) is 3.83. The Morgan fingerprint density at radius 3 is 2.68 bits per heavy atom. The van der Waals surface area contributed by atoms with Crippen LogP contribution >= 0.6 is 0 Å². The second-order valence-electron chi connectivity index (χ2n) is 5.46. The summed E-state index contributed by atoms with van der Waals surface area (Å²) in [6, 6.07) is 5.66. The lowest BCUT2D eigenvalue weighted by Crippen LogP contribution is -2.41. The van der Waals surface area contributed by atoms with Crippen LogP contribution in [-0.2, 0) is 16.0 Å². The highest BCUT2D eigenvalue weighted by molar-refractivity contribution is 5.78. The van der Waals surface area contributed by atoms with Gasteiger partial charge in [-0.25, -0.2) is 0 Å². The van der Waals surface area contributed by atoms with Crippen LogP contribution in [0.25, 0.3) is 0 Å². The predicted octanol–water partition coefficient (Wildman–Crippen LogP) is 0.449. The number of carbonyl (C=O) groups is 1. The number of benzene rings is 1. The van der Waals surface area contributed by atoms with Crippen LogP contribution in [-0.4, -0.2) is 63.4 Å². The number of carbonyl (C=O) groups excluding carboxylic acids is 1. The van der Waals surface area contributed by atoms with Gasteiger partial charge in [0.2, 0.25) is 5.91 Å². The van der Waals surface area contributed by atoms with Gasteiger partial charge in [-0.3, -0.25) is 9.69 Å². The zero-order valence-corrected chi connectivity index (χ0v) is 12.7. The molecule has 1 amide bonds. The maximum Gasteiger partial charge on any atom is 0.224 e. The van der Waals surface area contributed by atoms with E-state index in [2.05, 4.69) is 10.2 Å². The van der Waals surface area contributed by atoms with Crippen molar-refractivity contribution in [3.63, 3.8) is 0 Å². The van der Waals surface area contributed by atoms with E-state index in [1.165, 1.54) is 0 Å². The SMILES string of the molecule is O=C(Cc1ccc2c(c1)OCCO2)NCCN1CCOCC1. The number of rotatable bonds is 5. The Hall–Kier alpha value is -1.79. The molecule has 2 heterocycles. The number of nitrogens with zero attached hydrogens (tertiary/aromatic N) is 1. The molecule has 0 aromatic heterocycles. The summed E-state index contributed by atoms with van der Waals surface area (Å²) in [4.78, 5) is 14.3. The van der Waals surface area contributed by atoms with E-state index in [0.29, 0.717) is 26.2 Å². The number of morpholine rings is 1. The molecule has 1 fully saturated rings. The van der Waals surface area contributed by atoms with Gasteiger partial charge in [-0.05, 0) is 17.7 Å². The number of hydrogen-bond acceptors (Lipinski definition) is 5. The topological polar surface area (TPSA) is 60.0 Å². The number of ether oxygens (including phenoxy) is 3. The third kappa shape index (κ3) is 4.11. The van der Waals surface area contributed by atoms with Crippen molar-refractivity contribution in [3.05, 3.63) is 23.8 Å². The van der Waals surface area contributed by atoms with Crippen LogP contribution < -0.4 is 14.8 Å². The van der Waals surface area contributed by atoms with Crippen molar-refractivity contribution in [2.24, 2.45) is 0 Å². The summed E-state index contributed by atoms with van der Waals surface area (Å²) in [5, 5.41) is 2.97. The molecule has 0 unspecified atom stereocenters. The van der Waals surface area contributed by atoms with E-state index in [4.69, 9.17) is 14.2 Å². The molecule has 2 aliphatic heterocycles. The first-order chi connectivity index (χ1) is 10.8. The molecule has 3 rings (SSSR count). The summed E-state index contributed by atoms with van der Waals surface area (Å²) >= 11 is 0. The molecule has 1 N–H and O–H groups in total. The van der Waals surface area contributed by atoms with Crippen LogP contribution in [0.15, 0.2) is 18.2 Å². The summed E-state index contributed by atoms with van der Waals surface area (Å²) in [7, 11) is 0. The summed E-state index contributed by atoms with van der Waals surface area (Å²) in [5.41, 5.74) is 0.938. The van der Waals surface area contributed by atoms with Gasteiger partial charge in [-0.2, -0.15) is 0 Å². The maximum atomic E-state index is 12.0. The average Bonchev–Trinajstić information content (AvgIpc) is 2.56. The number of fused-ring (bicyclic) bond motifs is 1. The van der Waals surface area contributed by atoms with Crippen LogP contribution in [0, 0.1) is 0 Å². The molecule has 6 nitrogen and oxygen atoms in total. The van der Waals surface area contributed by atoms with Gasteiger partial charge < -0.3 is 19.5 Å². The minimum atomic E-state index is 0.0323. The third-order valence-electron chi connectivity index (χ3n) is 3.83. The first kappa shape index (κ1) is 15.1. The van der Waals surface area contributed by atoms with Crippen molar-refractivity contribution < 1.29 is 19.0 Å². The molecule has 0 saturated carbocycles. The minimum Gasteiger partial charge on any atom is -0.486 e. The van der Waals surface area contributed by atoms with E-state index in [-0.39, 0.29) is 5.91 Å². The van der Waals surface area contributed by atoms with Gasteiger partial charge in [0.25, 0.3) is 0 Å². The summed E-state index contributed by atoms with van der Waals surface area (Å²) in [6.07, 6.45) is 0.361. The monoisotopic (exact) mass is 306 g/mol. The van der Waals surface area contributed by atoms with E-state index < -0.39 is 0 Å². The van der Waals surface area contributed by atoms with Crippen molar-refractivity contribution in [2.45, 2.75) is 6.42 Å². The lowest BCUT2D eigenvalue weighted by Gasteiger charge is -2.26. The molecule has 1 saturated heterocycles. The molecule has 6 heteroatoms. The van der Waals surface area contributed by atoms with Crippen molar-refractivity contribution in [1.82, 2.24) is 10.2 Å². The van der Waals surface area contributed by atoms with Gasteiger partial charge in [-0.15, -0.1) is 0 Å². The molecule has 1 aromatic rings. The molecule has 2 aliphatic rings. The van der Waals surface area contributed by atoms with E-state index >= 15 is 0 Å². The van der Waals surface area contributed by atoms with Crippen LogP contribution in [0.3, 0.4) is 0 Å². The Balaban J connectivity index is 1.43. The molecule has 0 radical (unpaired) electrons. The molecule has 1 aromatic carbocycles. The minimum absolute atomic E-state index is 0.0323. The van der Waals surface area contributed by atoms with E-state index in [1.54, 1.807) is 0 Å². The average molecular weight is 306 g/mol. The van der Waals surface area contributed by atoms with Crippen molar-refractivity contribution in [1.29, 1.82) is 0 Å². The van der Waals surface area contributed by atoms with Gasteiger partial charge >= 0.3 is 0 Å². The quantitative estimate of drug-likeness (QED) is 0.856. The fourth-order valence-electron chi connectivity index (χ4n) is 2.62. The molecule has 0 atom stereocenters. The molecule has 0 spiro atoms. The number of hydrogen-bond donors (Lipinski definition) is 1. The molecular formula is C16H22N2O4. The number of amides is 1. The van der Waals surface area contributed by atoms with Crippen LogP contribution in [0.4, 0.5) is 0 Å². The highest BCUT2D eigenvalue weighted by Crippen LogP contribution is 2.30. The molecular weight excluding hydrogens is 284 g/mol. The molecule has 22 heavy (non-hydrogen) atoms. The van der Waals surface area contributed by atoms with Gasteiger partial charge in [0, 0.05) is 26.2 Å². The summed E-state index contributed by atoms with van der Waals surface area (Å²) in [6.45, 7) is 6.13. The second-order valence-corrected chi connectivity index (χ2v) is 5.46. The lowest BCUT2D eigenvalue weighted by atomic mass is 10.1. The molecule has 0 aliphatic carbocycles. The Kier molecular flexibility index (Phi) is 5.13. The summed E-state index contributed by atoms with van der Waals surface area (Å²) in [5.74, 6) is 1.51.